The molecule has 5 nitrogen and oxygen atoms in total. The highest BCUT2D eigenvalue weighted by Gasteiger charge is 2.09. The van der Waals surface area contributed by atoms with E-state index < -0.39 is 4.92 Å². The highest BCUT2D eigenvalue weighted by atomic mass is 16.6. The molecule has 1 N–H and O–H groups in total. The molecule has 1 aromatic carbocycles. The maximum absolute atomic E-state index is 10.7. The lowest BCUT2D eigenvalue weighted by Crippen LogP contribution is -2.00. The predicted molar refractivity (Wildman–Crippen MR) is 67.6 cm³/mol. The minimum absolute atomic E-state index is 0.0268. The predicted octanol–water partition coefficient (Wildman–Crippen LogP) is 2.98. The van der Waals surface area contributed by atoms with Gasteiger partial charge in [0, 0.05) is 24.4 Å². The molecule has 0 fully saturated rings. The number of non-ortho nitro benzene ring substituents is 1. The van der Waals surface area contributed by atoms with E-state index in [1.165, 1.54) is 12.1 Å². The zero-order valence-electron chi connectivity index (χ0n) is 9.97. The Balaban J connectivity index is 2.90. The molecule has 1 rings (SSSR count). The van der Waals surface area contributed by atoms with Gasteiger partial charge in [0.2, 0.25) is 0 Å². The number of ether oxygens (including phenoxy) is 1. The fourth-order valence-corrected chi connectivity index (χ4v) is 1.32. The number of nitrogens with one attached hydrogen (secondary N) is 1. The Bertz CT molecular complexity index is 416. The number of nitrogens with zero attached hydrogens (tertiary/aromatic N) is 1. The fraction of sp³-hybridized carbons (Fsp3) is 0.333. The van der Waals surface area contributed by atoms with Crippen LogP contribution in [0.25, 0.3) is 0 Å². The van der Waals surface area contributed by atoms with E-state index in [0.29, 0.717) is 24.6 Å². The second-order valence-electron chi connectivity index (χ2n) is 3.38. The molecule has 0 amide bonds. The van der Waals surface area contributed by atoms with Crippen LogP contribution in [0.5, 0.6) is 5.75 Å². The Morgan fingerprint density at radius 2 is 2.24 bits per heavy atom. The molecule has 0 unspecified atom stereocenters. The van der Waals surface area contributed by atoms with Crippen LogP contribution in [0.4, 0.5) is 11.4 Å². The number of nitro groups is 1. The first-order valence-electron chi connectivity index (χ1n) is 5.44. The largest absolute Gasteiger partial charge is 0.489 e. The first-order chi connectivity index (χ1) is 8.17. The first kappa shape index (κ1) is 13.0. The van der Waals surface area contributed by atoms with E-state index in [1.807, 2.05) is 26.0 Å². The summed E-state index contributed by atoms with van der Waals surface area (Å²) in [7, 11) is 0. The first-order valence-corrected chi connectivity index (χ1v) is 5.44. The molecule has 0 heterocycles. The summed E-state index contributed by atoms with van der Waals surface area (Å²) in [5.74, 6) is 0.494. The molecule has 0 aliphatic carbocycles. The summed E-state index contributed by atoms with van der Waals surface area (Å²) in [6.07, 6.45) is 3.70. The van der Waals surface area contributed by atoms with Crippen molar-refractivity contribution in [2.45, 2.75) is 13.8 Å². The van der Waals surface area contributed by atoms with Gasteiger partial charge in [-0.1, -0.05) is 12.2 Å². The molecule has 1 aromatic rings. The normalized spacial score (nSPS) is 10.5. The van der Waals surface area contributed by atoms with Crippen molar-refractivity contribution in [1.82, 2.24) is 0 Å². The molecule has 17 heavy (non-hydrogen) atoms. The molecule has 0 atom stereocenters. The van der Waals surface area contributed by atoms with Gasteiger partial charge in [0.05, 0.1) is 11.0 Å². The lowest BCUT2D eigenvalue weighted by atomic mass is 10.2. The van der Waals surface area contributed by atoms with Crippen molar-refractivity contribution in [3.63, 3.8) is 0 Å². The quantitative estimate of drug-likeness (QED) is 0.468. The SMILES string of the molecule is C/C=C/COc1cc(NCC)cc([N+](=O)[O-])c1. The van der Waals surface area contributed by atoms with Crippen LogP contribution in [0.2, 0.25) is 0 Å². The van der Waals surface area contributed by atoms with E-state index >= 15 is 0 Å². The topological polar surface area (TPSA) is 64.4 Å². The summed E-state index contributed by atoms with van der Waals surface area (Å²) >= 11 is 0. The van der Waals surface area contributed by atoms with E-state index in [4.69, 9.17) is 4.74 Å². The Hall–Kier alpha value is -2.04. The molecule has 5 heteroatoms. The van der Waals surface area contributed by atoms with Crippen LogP contribution in [-0.2, 0) is 0 Å². The average Bonchev–Trinajstić information content (AvgIpc) is 2.29. The summed E-state index contributed by atoms with van der Waals surface area (Å²) in [6.45, 7) is 4.93. The van der Waals surface area contributed by atoms with Gasteiger partial charge in [0.25, 0.3) is 5.69 Å². The van der Waals surface area contributed by atoms with Gasteiger partial charge in [-0.2, -0.15) is 0 Å². The van der Waals surface area contributed by atoms with E-state index in [0.717, 1.165) is 0 Å². The van der Waals surface area contributed by atoms with Crippen molar-refractivity contribution >= 4 is 11.4 Å². The van der Waals surface area contributed by atoms with E-state index in [1.54, 1.807) is 6.07 Å². The van der Waals surface area contributed by atoms with Crippen LogP contribution in [0.15, 0.2) is 30.4 Å². The third kappa shape index (κ3) is 4.14. The van der Waals surface area contributed by atoms with Crippen molar-refractivity contribution < 1.29 is 9.66 Å². The summed E-state index contributed by atoms with van der Waals surface area (Å²) in [6, 6.07) is 4.66. The van der Waals surface area contributed by atoms with Gasteiger partial charge in [0.1, 0.15) is 12.4 Å². The smallest absolute Gasteiger partial charge is 0.275 e. The van der Waals surface area contributed by atoms with Crippen molar-refractivity contribution in [3.05, 3.63) is 40.5 Å². The van der Waals surface area contributed by atoms with Gasteiger partial charge >= 0.3 is 0 Å². The lowest BCUT2D eigenvalue weighted by Gasteiger charge is -2.07. The summed E-state index contributed by atoms with van der Waals surface area (Å²) < 4.78 is 5.39. The monoisotopic (exact) mass is 236 g/mol. The standard InChI is InChI=1S/C12H16N2O3/c1-3-5-6-17-12-8-10(13-4-2)7-11(9-12)14(15)16/h3,5,7-9,13H,4,6H2,1-2H3/b5-3+. The van der Waals surface area contributed by atoms with Crippen molar-refractivity contribution in [3.8, 4) is 5.75 Å². The van der Waals surface area contributed by atoms with Crippen LogP contribution in [-0.4, -0.2) is 18.1 Å². The molecular formula is C12H16N2O3. The fourth-order valence-electron chi connectivity index (χ4n) is 1.32. The number of hydrogen-bond acceptors (Lipinski definition) is 4. The van der Waals surface area contributed by atoms with Crippen LogP contribution in [0.1, 0.15) is 13.8 Å². The summed E-state index contributed by atoms with van der Waals surface area (Å²) in [5, 5.41) is 13.8. The number of anilines is 1. The van der Waals surface area contributed by atoms with Crippen LogP contribution in [0.3, 0.4) is 0 Å². The highest BCUT2D eigenvalue weighted by molar-refractivity contribution is 5.56. The minimum atomic E-state index is -0.427. The van der Waals surface area contributed by atoms with Crippen molar-refractivity contribution in [1.29, 1.82) is 0 Å². The highest BCUT2D eigenvalue weighted by Crippen LogP contribution is 2.25. The van der Waals surface area contributed by atoms with Crippen molar-refractivity contribution in [2.75, 3.05) is 18.5 Å². The van der Waals surface area contributed by atoms with Crippen LogP contribution in [0, 0.1) is 10.1 Å². The van der Waals surface area contributed by atoms with Gasteiger partial charge < -0.3 is 10.1 Å². The number of rotatable bonds is 6. The third-order valence-corrected chi connectivity index (χ3v) is 2.06. The van der Waals surface area contributed by atoms with Crippen LogP contribution < -0.4 is 10.1 Å². The number of allylic oxidation sites excluding steroid dienone is 1. The van der Waals surface area contributed by atoms with E-state index in [-0.39, 0.29) is 5.69 Å². The zero-order valence-corrected chi connectivity index (χ0v) is 9.97. The molecule has 0 aromatic heterocycles. The Kier molecular flexibility index (Phi) is 5.00. The minimum Gasteiger partial charge on any atom is -0.489 e. The third-order valence-electron chi connectivity index (χ3n) is 2.06. The molecular weight excluding hydrogens is 220 g/mol. The summed E-state index contributed by atoms with van der Waals surface area (Å²) in [5.41, 5.74) is 0.719. The lowest BCUT2D eigenvalue weighted by molar-refractivity contribution is -0.384. The molecule has 0 aliphatic heterocycles. The Morgan fingerprint density at radius 1 is 1.47 bits per heavy atom. The second kappa shape index (κ2) is 6.52. The van der Waals surface area contributed by atoms with E-state index in [2.05, 4.69) is 5.32 Å². The van der Waals surface area contributed by atoms with Gasteiger partial charge in [-0.25, -0.2) is 0 Å². The Morgan fingerprint density at radius 3 is 2.82 bits per heavy atom. The molecule has 92 valence electrons. The molecule has 0 bridgehead atoms. The molecule has 0 saturated carbocycles. The van der Waals surface area contributed by atoms with Gasteiger partial charge in [0.15, 0.2) is 0 Å². The maximum Gasteiger partial charge on any atom is 0.275 e. The van der Waals surface area contributed by atoms with Crippen molar-refractivity contribution in [2.24, 2.45) is 0 Å². The number of nitro benzene ring substituents is 1. The average molecular weight is 236 g/mol. The van der Waals surface area contributed by atoms with E-state index in [9.17, 15) is 10.1 Å². The number of hydrogen-bond donors (Lipinski definition) is 1. The molecule has 0 saturated heterocycles. The summed E-state index contributed by atoms with van der Waals surface area (Å²) in [4.78, 5) is 10.3. The van der Waals surface area contributed by atoms with Gasteiger partial charge in [-0.3, -0.25) is 10.1 Å². The van der Waals surface area contributed by atoms with Gasteiger partial charge in [-0.15, -0.1) is 0 Å². The maximum atomic E-state index is 10.7. The van der Waals surface area contributed by atoms with Crippen LogP contribution >= 0.6 is 0 Å². The molecule has 0 spiro atoms. The van der Waals surface area contributed by atoms with Gasteiger partial charge in [-0.05, 0) is 13.8 Å². The zero-order chi connectivity index (χ0) is 12.7. The second-order valence-corrected chi connectivity index (χ2v) is 3.38. The molecule has 0 aliphatic rings. The molecule has 0 radical (unpaired) electrons. The number of benzene rings is 1. The Labute approximate surface area is 100 Å².